The predicted octanol–water partition coefficient (Wildman–Crippen LogP) is 3.83. The van der Waals surface area contributed by atoms with Crippen LogP contribution in [0.2, 0.25) is 0 Å². The third-order valence-corrected chi connectivity index (χ3v) is 4.50. The number of carbonyl (C=O) groups excluding carboxylic acids is 1. The fourth-order valence-corrected chi connectivity index (χ4v) is 2.85. The van der Waals surface area contributed by atoms with Crippen molar-refractivity contribution in [3.63, 3.8) is 0 Å². The molecule has 1 unspecified atom stereocenters. The van der Waals surface area contributed by atoms with Crippen LogP contribution in [0, 0.1) is 10.1 Å². The van der Waals surface area contributed by atoms with Crippen molar-refractivity contribution in [3.8, 4) is 23.0 Å². The number of nitro groups is 1. The molecule has 1 atom stereocenters. The topological polar surface area (TPSA) is 128 Å². The smallest absolute Gasteiger partial charge is 0.389 e. The van der Waals surface area contributed by atoms with E-state index in [-0.39, 0.29) is 40.7 Å². The van der Waals surface area contributed by atoms with Crippen molar-refractivity contribution in [2.45, 2.75) is 32.0 Å². The number of rotatable bonds is 11. The average Bonchev–Trinajstić information content (AvgIpc) is 2.74. The lowest BCUT2D eigenvalue weighted by molar-refractivity contribution is -0.385. The van der Waals surface area contributed by atoms with Gasteiger partial charge in [0.05, 0.1) is 23.7 Å². The summed E-state index contributed by atoms with van der Waals surface area (Å²) in [5, 5.41) is 31.2. The zero-order valence-electron chi connectivity index (χ0n) is 17.7. The highest BCUT2D eigenvalue weighted by Crippen LogP contribution is 2.35. The number of non-ortho nitro benzene ring substituents is 1. The molecule has 0 aliphatic carbocycles. The summed E-state index contributed by atoms with van der Waals surface area (Å²) < 4.78 is 53.8. The van der Waals surface area contributed by atoms with Crippen molar-refractivity contribution in [2.75, 3.05) is 20.3 Å². The molecule has 2 aromatic rings. The fourth-order valence-electron chi connectivity index (χ4n) is 2.85. The molecule has 33 heavy (non-hydrogen) atoms. The van der Waals surface area contributed by atoms with Crippen LogP contribution < -0.4 is 14.2 Å². The first-order valence-corrected chi connectivity index (χ1v) is 9.61. The van der Waals surface area contributed by atoms with Gasteiger partial charge in [-0.3, -0.25) is 14.9 Å². The lowest BCUT2D eigenvalue weighted by atomic mass is 10.0. The summed E-state index contributed by atoms with van der Waals surface area (Å²) in [6, 6.07) is 6.08. The van der Waals surface area contributed by atoms with Crippen molar-refractivity contribution in [1.82, 2.24) is 0 Å². The number of nitro benzene ring substituents is 1. The molecule has 12 heteroatoms. The molecule has 0 saturated heterocycles. The van der Waals surface area contributed by atoms with Gasteiger partial charge in [-0.2, -0.15) is 13.2 Å². The monoisotopic (exact) mass is 473 g/mol. The molecule has 0 fully saturated rings. The van der Waals surface area contributed by atoms with Crippen LogP contribution in [0.1, 0.15) is 29.3 Å². The zero-order chi connectivity index (χ0) is 24.8. The average molecular weight is 473 g/mol. The summed E-state index contributed by atoms with van der Waals surface area (Å²) in [4.78, 5) is 21.8. The number of aliphatic hydroxyl groups is 1. The summed E-state index contributed by atoms with van der Waals surface area (Å²) in [5.74, 6) is -1.06. The molecule has 2 aromatic carbocycles. The van der Waals surface area contributed by atoms with Crippen molar-refractivity contribution in [1.29, 1.82) is 0 Å². The van der Waals surface area contributed by atoms with Gasteiger partial charge in [0.2, 0.25) is 0 Å². The van der Waals surface area contributed by atoms with Crippen molar-refractivity contribution in [2.24, 2.45) is 0 Å². The number of ketones is 1. The number of phenols is 1. The van der Waals surface area contributed by atoms with E-state index >= 15 is 0 Å². The third kappa shape index (κ3) is 7.24. The van der Waals surface area contributed by atoms with E-state index in [9.17, 15) is 38.3 Å². The first kappa shape index (κ1) is 25.7. The fraction of sp³-hybridized carbons (Fsp3) is 0.381. The predicted molar refractivity (Wildman–Crippen MR) is 109 cm³/mol. The summed E-state index contributed by atoms with van der Waals surface area (Å²) in [6.45, 7) is 0.424. The Hall–Kier alpha value is -3.54. The Bertz CT molecular complexity index is 1010. The maximum Gasteiger partial charge on any atom is 0.389 e. The number of aromatic hydroxyl groups is 1. The van der Waals surface area contributed by atoms with E-state index < -0.39 is 48.2 Å². The van der Waals surface area contributed by atoms with Crippen LogP contribution in [-0.2, 0) is 6.42 Å². The molecular weight excluding hydrogens is 451 g/mol. The van der Waals surface area contributed by atoms with E-state index in [0.29, 0.717) is 0 Å². The first-order valence-electron chi connectivity index (χ1n) is 9.61. The molecule has 0 radical (unpaired) electrons. The Morgan fingerprint density at radius 1 is 1.12 bits per heavy atom. The lowest BCUT2D eigenvalue weighted by Gasteiger charge is -2.18. The van der Waals surface area contributed by atoms with Gasteiger partial charge < -0.3 is 24.4 Å². The molecule has 0 heterocycles. The molecular formula is C21H22F3NO8. The van der Waals surface area contributed by atoms with Crippen LogP contribution in [0.5, 0.6) is 23.0 Å². The molecule has 0 saturated carbocycles. The number of hydrogen-bond donors (Lipinski definition) is 2. The number of alkyl halides is 3. The minimum atomic E-state index is -4.49. The van der Waals surface area contributed by atoms with Crippen LogP contribution in [-0.4, -0.2) is 53.5 Å². The molecule has 0 amide bonds. The van der Waals surface area contributed by atoms with Crippen LogP contribution in [0.4, 0.5) is 18.9 Å². The normalized spacial score (nSPS) is 12.2. The van der Waals surface area contributed by atoms with E-state index in [4.69, 9.17) is 14.2 Å². The Kier molecular flexibility index (Phi) is 8.46. The van der Waals surface area contributed by atoms with E-state index in [1.165, 1.54) is 31.4 Å². The SMILES string of the molecule is COc1cc([N+](=O)[O-])ccc1OCC(O)COc1ccc(C(C)=O)c(O)c1CCC(F)(F)F. The highest BCUT2D eigenvalue weighted by Gasteiger charge is 2.29. The Labute approximate surface area is 186 Å². The van der Waals surface area contributed by atoms with Gasteiger partial charge in [0.25, 0.3) is 5.69 Å². The number of halogens is 3. The number of benzene rings is 2. The van der Waals surface area contributed by atoms with Crippen LogP contribution in [0.25, 0.3) is 0 Å². The molecule has 2 rings (SSSR count). The van der Waals surface area contributed by atoms with Crippen LogP contribution in [0.3, 0.4) is 0 Å². The number of aliphatic hydroxyl groups excluding tert-OH is 1. The van der Waals surface area contributed by atoms with Crippen molar-refractivity contribution < 1.29 is 47.3 Å². The highest BCUT2D eigenvalue weighted by atomic mass is 19.4. The molecule has 0 aliphatic heterocycles. The largest absolute Gasteiger partial charge is 0.507 e. The summed E-state index contributed by atoms with van der Waals surface area (Å²) >= 11 is 0. The maximum atomic E-state index is 12.7. The van der Waals surface area contributed by atoms with E-state index in [2.05, 4.69) is 0 Å². The van der Waals surface area contributed by atoms with Crippen LogP contribution >= 0.6 is 0 Å². The number of nitrogens with zero attached hydrogens (tertiary/aromatic N) is 1. The summed E-state index contributed by atoms with van der Waals surface area (Å²) in [7, 11) is 1.28. The van der Waals surface area contributed by atoms with Crippen molar-refractivity contribution in [3.05, 3.63) is 51.6 Å². The number of Topliss-reactive ketones (excluding diaryl/α,β-unsaturated/α-hetero) is 1. The summed E-state index contributed by atoms with van der Waals surface area (Å²) in [5.41, 5.74) is -0.567. The Morgan fingerprint density at radius 2 is 1.73 bits per heavy atom. The number of methoxy groups -OCH3 is 1. The van der Waals surface area contributed by atoms with Gasteiger partial charge in [-0.05, 0) is 31.5 Å². The quantitative estimate of drug-likeness (QED) is 0.286. The molecule has 0 aromatic heterocycles. The van der Waals surface area contributed by atoms with Crippen molar-refractivity contribution >= 4 is 11.5 Å². The van der Waals surface area contributed by atoms with E-state index in [1.54, 1.807) is 0 Å². The van der Waals surface area contributed by atoms with Gasteiger partial charge >= 0.3 is 6.18 Å². The molecule has 0 bridgehead atoms. The van der Waals surface area contributed by atoms with Gasteiger partial charge in [0.1, 0.15) is 30.8 Å². The molecule has 9 nitrogen and oxygen atoms in total. The minimum absolute atomic E-state index is 0.0662. The number of ether oxygens (including phenoxy) is 3. The maximum absolute atomic E-state index is 12.7. The van der Waals surface area contributed by atoms with Gasteiger partial charge in [-0.1, -0.05) is 0 Å². The second kappa shape index (κ2) is 10.9. The Balaban J connectivity index is 2.08. The highest BCUT2D eigenvalue weighted by molar-refractivity contribution is 5.97. The van der Waals surface area contributed by atoms with E-state index in [0.717, 1.165) is 13.0 Å². The van der Waals surface area contributed by atoms with E-state index in [1.807, 2.05) is 0 Å². The second-order valence-corrected chi connectivity index (χ2v) is 6.98. The first-order chi connectivity index (χ1) is 15.4. The molecule has 0 aliphatic rings. The van der Waals surface area contributed by atoms with Gasteiger partial charge in [0, 0.05) is 18.1 Å². The second-order valence-electron chi connectivity index (χ2n) is 6.98. The molecule has 180 valence electrons. The van der Waals surface area contributed by atoms with Gasteiger partial charge in [0.15, 0.2) is 17.3 Å². The van der Waals surface area contributed by atoms with Crippen LogP contribution in [0.15, 0.2) is 30.3 Å². The zero-order valence-corrected chi connectivity index (χ0v) is 17.7. The third-order valence-electron chi connectivity index (χ3n) is 4.50. The standard InChI is InChI=1S/C21H22F3NO8/c1-12(26)15-4-6-17(16(20(15)28)7-8-21(22,23)24)32-10-14(27)11-33-18-5-3-13(25(29)30)9-19(18)31-2/h3-6,9,14,27-28H,7-8,10-11H2,1-2H3. The molecule has 0 spiro atoms. The lowest BCUT2D eigenvalue weighted by Crippen LogP contribution is -2.25. The number of hydrogen-bond acceptors (Lipinski definition) is 8. The minimum Gasteiger partial charge on any atom is -0.507 e. The summed E-state index contributed by atoms with van der Waals surface area (Å²) in [6.07, 6.45) is -7.62. The van der Waals surface area contributed by atoms with Gasteiger partial charge in [-0.15, -0.1) is 0 Å². The van der Waals surface area contributed by atoms with Gasteiger partial charge in [-0.25, -0.2) is 0 Å². The molecule has 2 N–H and O–H groups in total. The number of phenolic OH excluding ortho intramolecular Hbond substituents is 1. The number of carbonyl (C=O) groups is 1. The Morgan fingerprint density at radius 3 is 2.27 bits per heavy atom.